The molecule has 2 heteroatoms. The Labute approximate surface area is 111 Å². The molecule has 2 rings (SSSR count). The van der Waals surface area contributed by atoms with Crippen molar-refractivity contribution in [2.45, 2.75) is 39.2 Å². The Morgan fingerprint density at radius 1 is 1.39 bits per heavy atom. The van der Waals surface area contributed by atoms with Crippen LogP contribution in [0, 0.1) is 6.92 Å². The molecule has 100 valence electrons. The molecule has 1 unspecified atom stereocenters. The van der Waals surface area contributed by atoms with Gasteiger partial charge in [0.05, 0.1) is 0 Å². The zero-order valence-electron chi connectivity index (χ0n) is 11.8. The zero-order chi connectivity index (χ0) is 12.8. The van der Waals surface area contributed by atoms with Crippen LogP contribution in [0.2, 0.25) is 0 Å². The smallest absolute Gasteiger partial charge is 0.0195 e. The van der Waals surface area contributed by atoms with Crippen molar-refractivity contribution in [3.8, 4) is 0 Å². The van der Waals surface area contributed by atoms with Gasteiger partial charge in [-0.05, 0) is 25.3 Å². The highest BCUT2D eigenvalue weighted by atomic mass is 15.2. The number of hydrogen-bond acceptors (Lipinski definition) is 2. The summed E-state index contributed by atoms with van der Waals surface area (Å²) in [6.45, 7) is 9.22. The first-order valence-corrected chi connectivity index (χ1v) is 7.29. The summed E-state index contributed by atoms with van der Waals surface area (Å²) in [6, 6.07) is 9.61. The van der Waals surface area contributed by atoms with Crippen molar-refractivity contribution < 1.29 is 0 Å². The SMILES string of the molecule is CCCC1CN(CCc2cccc(C)c2)CCN1. The molecule has 1 heterocycles. The summed E-state index contributed by atoms with van der Waals surface area (Å²) < 4.78 is 0. The van der Waals surface area contributed by atoms with Gasteiger partial charge in [0, 0.05) is 32.2 Å². The van der Waals surface area contributed by atoms with E-state index in [4.69, 9.17) is 0 Å². The van der Waals surface area contributed by atoms with Crippen LogP contribution in [0.25, 0.3) is 0 Å². The first-order chi connectivity index (χ1) is 8.78. The van der Waals surface area contributed by atoms with Crippen LogP contribution in [-0.4, -0.2) is 37.1 Å². The number of nitrogens with zero attached hydrogens (tertiary/aromatic N) is 1. The van der Waals surface area contributed by atoms with Crippen molar-refractivity contribution in [1.29, 1.82) is 0 Å². The van der Waals surface area contributed by atoms with Crippen LogP contribution in [0.1, 0.15) is 30.9 Å². The lowest BCUT2D eigenvalue weighted by Crippen LogP contribution is -2.50. The van der Waals surface area contributed by atoms with Crippen LogP contribution in [0.15, 0.2) is 24.3 Å². The van der Waals surface area contributed by atoms with Crippen molar-refractivity contribution in [3.63, 3.8) is 0 Å². The minimum Gasteiger partial charge on any atom is -0.311 e. The Morgan fingerprint density at radius 3 is 3.06 bits per heavy atom. The molecule has 1 aromatic rings. The summed E-state index contributed by atoms with van der Waals surface area (Å²) in [6.07, 6.45) is 3.77. The normalized spacial score (nSPS) is 21.1. The van der Waals surface area contributed by atoms with Crippen LogP contribution < -0.4 is 5.32 Å². The van der Waals surface area contributed by atoms with E-state index in [-0.39, 0.29) is 0 Å². The molecule has 2 nitrogen and oxygen atoms in total. The average Bonchev–Trinajstić information content (AvgIpc) is 2.37. The quantitative estimate of drug-likeness (QED) is 0.859. The van der Waals surface area contributed by atoms with Gasteiger partial charge < -0.3 is 10.2 Å². The predicted octanol–water partition coefficient (Wildman–Crippen LogP) is 2.61. The summed E-state index contributed by atoms with van der Waals surface area (Å²) in [5, 5.41) is 3.62. The lowest BCUT2D eigenvalue weighted by molar-refractivity contribution is 0.196. The number of piperazine rings is 1. The molecule has 1 aliphatic heterocycles. The number of benzene rings is 1. The Kier molecular flexibility index (Phi) is 5.21. The maximum atomic E-state index is 3.62. The lowest BCUT2D eigenvalue weighted by atomic mass is 10.1. The van der Waals surface area contributed by atoms with E-state index in [1.165, 1.54) is 50.0 Å². The van der Waals surface area contributed by atoms with Gasteiger partial charge in [-0.3, -0.25) is 0 Å². The van der Waals surface area contributed by atoms with Crippen LogP contribution >= 0.6 is 0 Å². The van der Waals surface area contributed by atoms with E-state index in [1.807, 2.05) is 0 Å². The molecule has 1 saturated heterocycles. The Morgan fingerprint density at radius 2 is 2.28 bits per heavy atom. The molecule has 0 spiro atoms. The third-order valence-electron chi connectivity index (χ3n) is 3.78. The zero-order valence-corrected chi connectivity index (χ0v) is 11.8. The van der Waals surface area contributed by atoms with E-state index < -0.39 is 0 Å². The van der Waals surface area contributed by atoms with Crippen molar-refractivity contribution in [3.05, 3.63) is 35.4 Å². The van der Waals surface area contributed by atoms with Gasteiger partial charge in [0.25, 0.3) is 0 Å². The summed E-state index contributed by atoms with van der Waals surface area (Å²) in [7, 11) is 0. The van der Waals surface area contributed by atoms with Gasteiger partial charge in [-0.15, -0.1) is 0 Å². The second-order valence-corrected chi connectivity index (χ2v) is 5.48. The van der Waals surface area contributed by atoms with Gasteiger partial charge in [-0.1, -0.05) is 43.2 Å². The van der Waals surface area contributed by atoms with Crippen LogP contribution in [0.4, 0.5) is 0 Å². The Hall–Kier alpha value is -0.860. The maximum Gasteiger partial charge on any atom is 0.0195 e. The van der Waals surface area contributed by atoms with Crippen molar-refractivity contribution in [2.75, 3.05) is 26.2 Å². The summed E-state index contributed by atoms with van der Waals surface area (Å²) >= 11 is 0. The predicted molar refractivity (Wildman–Crippen MR) is 78.0 cm³/mol. The van der Waals surface area contributed by atoms with Gasteiger partial charge in [0.1, 0.15) is 0 Å². The standard InChI is InChI=1S/C16H26N2/c1-3-5-16-13-18(11-9-17-16)10-8-15-7-4-6-14(2)12-15/h4,6-7,12,16-17H,3,5,8-11,13H2,1-2H3. The minimum absolute atomic E-state index is 0.709. The number of aryl methyl sites for hydroxylation is 1. The van der Waals surface area contributed by atoms with Crippen LogP contribution in [0.3, 0.4) is 0 Å². The van der Waals surface area contributed by atoms with E-state index >= 15 is 0 Å². The molecular formula is C16H26N2. The third kappa shape index (κ3) is 4.11. The molecule has 0 amide bonds. The fourth-order valence-corrected chi connectivity index (χ4v) is 2.79. The van der Waals surface area contributed by atoms with Crippen molar-refractivity contribution in [2.24, 2.45) is 0 Å². The molecule has 1 aliphatic rings. The van der Waals surface area contributed by atoms with E-state index in [9.17, 15) is 0 Å². The third-order valence-corrected chi connectivity index (χ3v) is 3.78. The van der Waals surface area contributed by atoms with E-state index in [0.717, 1.165) is 6.54 Å². The van der Waals surface area contributed by atoms with Gasteiger partial charge in [0.2, 0.25) is 0 Å². The van der Waals surface area contributed by atoms with Crippen molar-refractivity contribution in [1.82, 2.24) is 10.2 Å². The van der Waals surface area contributed by atoms with Gasteiger partial charge in [0.15, 0.2) is 0 Å². The monoisotopic (exact) mass is 246 g/mol. The first-order valence-electron chi connectivity index (χ1n) is 7.29. The van der Waals surface area contributed by atoms with E-state index in [0.29, 0.717) is 6.04 Å². The maximum absolute atomic E-state index is 3.62. The molecular weight excluding hydrogens is 220 g/mol. The average molecular weight is 246 g/mol. The van der Waals surface area contributed by atoms with E-state index in [1.54, 1.807) is 0 Å². The Balaban J connectivity index is 1.79. The van der Waals surface area contributed by atoms with E-state index in [2.05, 4.69) is 48.3 Å². The number of nitrogens with one attached hydrogen (secondary N) is 1. The molecule has 0 bridgehead atoms. The number of hydrogen-bond donors (Lipinski definition) is 1. The molecule has 1 atom stereocenters. The van der Waals surface area contributed by atoms with Gasteiger partial charge in [-0.2, -0.15) is 0 Å². The lowest BCUT2D eigenvalue weighted by Gasteiger charge is -2.33. The minimum atomic E-state index is 0.709. The fourth-order valence-electron chi connectivity index (χ4n) is 2.79. The topological polar surface area (TPSA) is 15.3 Å². The molecule has 0 radical (unpaired) electrons. The molecule has 0 aliphatic carbocycles. The second-order valence-electron chi connectivity index (χ2n) is 5.48. The van der Waals surface area contributed by atoms with Crippen LogP contribution in [0.5, 0.6) is 0 Å². The second kappa shape index (κ2) is 6.91. The number of rotatable bonds is 5. The highest BCUT2D eigenvalue weighted by Crippen LogP contribution is 2.08. The largest absolute Gasteiger partial charge is 0.311 e. The van der Waals surface area contributed by atoms with Crippen LogP contribution in [-0.2, 0) is 6.42 Å². The highest BCUT2D eigenvalue weighted by Gasteiger charge is 2.17. The van der Waals surface area contributed by atoms with Crippen molar-refractivity contribution >= 4 is 0 Å². The van der Waals surface area contributed by atoms with Gasteiger partial charge in [-0.25, -0.2) is 0 Å². The highest BCUT2D eigenvalue weighted by molar-refractivity contribution is 5.22. The molecule has 1 aromatic carbocycles. The summed E-state index contributed by atoms with van der Waals surface area (Å²) in [4.78, 5) is 2.61. The molecule has 1 fully saturated rings. The summed E-state index contributed by atoms with van der Waals surface area (Å²) in [5.41, 5.74) is 2.84. The molecule has 1 N–H and O–H groups in total. The Bertz CT molecular complexity index is 360. The molecule has 0 saturated carbocycles. The first kappa shape index (κ1) is 13.6. The molecule has 18 heavy (non-hydrogen) atoms. The van der Waals surface area contributed by atoms with Gasteiger partial charge >= 0.3 is 0 Å². The molecule has 0 aromatic heterocycles. The summed E-state index contributed by atoms with van der Waals surface area (Å²) in [5.74, 6) is 0. The fraction of sp³-hybridized carbons (Fsp3) is 0.625.